The van der Waals surface area contributed by atoms with Crippen molar-refractivity contribution in [1.82, 2.24) is 5.32 Å². The summed E-state index contributed by atoms with van der Waals surface area (Å²) in [7, 11) is 1.73. The van der Waals surface area contributed by atoms with Crippen LogP contribution in [0.3, 0.4) is 0 Å². The van der Waals surface area contributed by atoms with Crippen molar-refractivity contribution in [2.24, 2.45) is 0 Å². The topological polar surface area (TPSA) is 21.3 Å². The smallest absolute Gasteiger partial charge is 0.0613 e. The van der Waals surface area contributed by atoms with Crippen LogP contribution in [0.1, 0.15) is 20.3 Å². The zero-order chi connectivity index (χ0) is 8.69. The van der Waals surface area contributed by atoms with Crippen LogP contribution in [0.15, 0.2) is 0 Å². The Balaban J connectivity index is 3.32. The number of rotatable bonds is 6. The summed E-state index contributed by atoms with van der Waals surface area (Å²) in [5.74, 6) is 0. The average molecular weight is 224 g/mol. The maximum Gasteiger partial charge on any atom is 0.0613 e. The zero-order valence-electron chi connectivity index (χ0n) is 7.56. The highest BCUT2D eigenvalue weighted by Crippen LogP contribution is 1.96. The second kappa shape index (κ2) is 7.07. The summed E-state index contributed by atoms with van der Waals surface area (Å²) in [5.41, 5.74) is 0. The molecule has 3 heteroatoms. The third-order valence-corrected chi connectivity index (χ3v) is 1.99. The van der Waals surface area contributed by atoms with E-state index in [4.69, 9.17) is 4.74 Å². The van der Waals surface area contributed by atoms with Crippen LogP contribution >= 0.6 is 15.9 Å². The monoisotopic (exact) mass is 223 g/mol. The van der Waals surface area contributed by atoms with E-state index in [2.05, 4.69) is 35.1 Å². The fraction of sp³-hybridized carbons (Fsp3) is 1.00. The van der Waals surface area contributed by atoms with E-state index in [0.29, 0.717) is 12.1 Å². The molecule has 0 aliphatic heterocycles. The molecule has 0 aromatic carbocycles. The molecule has 0 spiro atoms. The van der Waals surface area contributed by atoms with Crippen molar-refractivity contribution in [2.75, 3.05) is 19.0 Å². The minimum atomic E-state index is 0.453. The van der Waals surface area contributed by atoms with Crippen LogP contribution in [0.4, 0.5) is 0 Å². The fourth-order valence-corrected chi connectivity index (χ4v) is 1.72. The van der Waals surface area contributed by atoms with Gasteiger partial charge in [0.25, 0.3) is 0 Å². The quantitative estimate of drug-likeness (QED) is 0.694. The molecule has 0 amide bonds. The van der Waals surface area contributed by atoms with Gasteiger partial charge in [0.1, 0.15) is 0 Å². The Bertz CT molecular complexity index is 80.2. The van der Waals surface area contributed by atoms with Gasteiger partial charge in [-0.05, 0) is 20.3 Å². The van der Waals surface area contributed by atoms with E-state index >= 15 is 0 Å². The number of alkyl halides is 1. The molecule has 0 aliphatic carbocycles. The minimum Gasteiger partial charge on any atom is -0.383 e. The molecule has 68 valence electrons. The van der Waals surface area contributed by atoms with Gasteiger partial charge in [-0.1, -0.05) is 15.9 Å². The number of nitrogens with one attached hydrogen (secondary N) is 1. The molecule has 0 bridgehead atoms. The molecule has 0 aromatic rings. The number of hydrogen-bond acceptors (Lipinski definition) is 2. The molecule has 2 atom stereocenters. The van der Waals surface area contributed by atoms with E-state index in [1.54, 1.807) is 7.11 Å². The van der Waals surface area contributed by atoms with Crippen molar-refractivity contribution >= 4 is 15.9 Å². The minimum absolute atomic E-state index is 0.453. The summed E-state index contributed by atoms with van der Waals surface area (Å²) >= 11 is 3.41. The van der Waals surface area contributed by atoms with Gasteiger partial charge < -0.3 is 10.1 Å². The Labute approximate surface area is 77.8 Å². The van der Waals surface area contributed by atoms with Gasteiger partial charge in [-0.2, -0.15) is 0 Å². The van der Waals surface area contributed by atoms with Gasteiger partial charge >= 0.3 is 0 Å². The Morgan fingerprint density at radius 3 is 2.45 bits per heavy atom. The van der Waals surface area contributed by atoms with Crippen LogP contribution in [0.5, 0.6) is 0 Å². The van der Waals surface area contributed by atoms with Gasteiger partial charge in [-0.3, -0.25) is 0 Å². The van der Waals surface area contributed by atoms with E-state index in [1.807, 2.05) is 0 Å². The van der Waals surface area contributed by atoms with E-state index in [-0.39, 0.29) is 0 Å². The predicted molar refractivity (Wildman–Crippen MR) is 52.3 cm³/mol. The molecule has 0 fully saturated rings. The van der Waals surface area contributed by atoms with Crippen molar-refractivity contribution < 1.29 is 4.74 Å². The van der Waals surface area contributed by atoms with Gasteiger partial charge in [-0.15, -0.1) is 0 Å². The molecule has 0 saturated carbocycles. The first-order valence-electron chi connectivity index (χ1n) is 4.01. The van der Waals surface area contributed by atoms with Crippen molar-refractivity contribution in [3.05, 3.63) is 0 Å². The number of hydrogen-bond donors (Lipinski definition) is 1. The molecule has 2 unspecified atom stereocenters. The number of ether oxygens (including phenoxy) is 1. The molecular formula is C8H18BrNO. The maximum atomic E-state index is 5.01. The van der Waals surface area contributed by atoms with Crippen LogP contribution in [0.2, 0.25) is 0 Å². The summed E-state index contributed by atoms with van der Waals surface area (Å²) < 4.78 is 5.01. The van der Waals surface area contributed by atoms with Gasteiger partial charge in [0.15, 0.2) is 0 Å². The highest BCUT2D eigenvalue weighted by Gasteiger charge is 2.05. The Kier molecular flexibility index (Phi) is 7.33. The zero-order valence-corrected chi connectivity index (χ0v) is 9.15. The molecule has 0 radical (unpaired) electrons. The molecule has 0 rings (SSSR count). The number of methoxy groups -OCH3 is 1. The largest absolute Gasteiger partial charge is 0.383 e. The van der Waals surface area contributed by atoms with E-state index < -0.39 is 0 Å². The first-order chi connectivity index (χ1) is 5.20. The lowest BCUT2D eigenvalue weighted by Gasteiger charge is -2.18. The number of halogens is 1. The highest BCUT2D eigenvalue weighted by molar-refractivity contribution is 9.09. The van der Waals surface area contributed by atoms with Crippen molar-refractivity contribution in [3.8, 4) is 0 Å². The Morgan fingerprint density at radius 1 is 1.36 bits per heavy atom. The Hall–Kier alpha value is 0.400. The van der Waals surface area contributed by atoms with Crippen molar-refractivity contribution in [3.63, 3.8) is 0 Å². The normalized spacial score (nSPS) is 16.4. The van der Waals surface area contributed by atoms with E-state index in [1.165, 1.54) is 0 Å². The first-order valence-corrected chi connectivity index (χ1v) is 5.13. The molecule has 0 heterocycles. The molecule has 0 aliphatic rings. The van der Waals surface area contributed by atoms with Gasteiger partial charge in [0.05, 0.1) is 6.61 Å². The van der Waals surface area contributed by atoms with Crippen LogP contribution in [0.25, 0.3) is 0 Å². The summed E-state index contributed by atoms with van der Waals surface area (Å²) in [6.07, 6.45) is 1.16. The summed E-state index contributed by atoms with van der Waals surface area (Å²) in [6, 6.07) is 1.02. The van der Waals surface area contributed by atoms with Crippen molar-refractivity contribution in [2.45, 2.75) is 32.4 Å². The third kappa shape index (κ3) is 6.78. The standard InChI is InChI=1S/C8H18BrNO/c1-7(4-5-9)10-8(2)6-11-3/h7-8,10H,4-6H2,1-3H3. The average Bonchev–Trinajstić information content (AvgIpc) is 1.87. The molecule has 1 N–H and O–H groups in total. The Morgan fingerprint density at radius 2 is 2.00 bits per heavy atom. The van der Waals surface area contributed by atoms with E-state index in [0.717, 1.165) is 18.4 Å². The van der Waals surface area contributed by atoms with Crippen LogP contribution in [-0.2, 0) is 4.74 Å². The third-order valence-electron chi connectivity index (χ3n) is 1.53. The van der Waals surface area contributed by atoms with Crippen molar-refractivity contribution in [1.29, 1.82) is 0 Å². The fourth-order valence-electron chi connectivity index (χ4n) is 1.03. The van der Waals surface area contributed by atoms with Crippen LogP contribution < -0.4 is 5.32 Å². The first kappa shape index (κ1) is 11.4. The molecule has 11 heavy (non-hydrogen) atoms. The lowest BCUT2D eigenvalue weighted by atomic mass is 10.2. The summed E-state index contributed by atoms with van der Waals surface area (Å²) in [6.45, 7) is 5.11. The molecule has 0 saturated heterocycles. The van der Waals surface area contributed by atoms with E-state index in [9.17, 15) is 0 Å². The summed E-state index contributed by atoms with van der Waals surface area (Å²) in [4.78, 5) is 0. The van der Waals surface area contributed by atoms with Gasteiger partial charge in [0.2, 0.25) is 0 Å². The molecule has 0 aromatic heterocycles. The predicted octanol–water partition coefficient (Wildman–Crippen LogP) is 1.78. The van der Waals surface area contributed by atoms with Crippen LogP contribution in [-0.4, -0.2) is 31.1 Å². The molecular weight excluding hydrogens is 206 g/mol. The van der Waals surface area contributed by atoms with Crippen LogP contribution in [0, 0.1) is 0 Å². The van der Waals surface area contributed by atoms with Gasteiger partial charge in [-0.25, -0.2) is 0 Å². The highest BCUT2D eigenvalue weighted by atomic mass is 79.9. The SMILES string of the molecule is COCC(C)NC(C)CCBr. The maximum absolute atomic E-state index is 5.01. The van der Waals surface area contributed by atoms with Gasteiger partial charge in [0, 0.05) is 24.5 Å². The summed E-state index contributed by atoms with van der Waals surface area (Å²) in [5, 5.41) is 4.48. The molecule has 2 nitrogen and oxygen atoms in total. The second-order valence-electron chi connectivity index (χ2n) is 2.90. The lowest BCUT2D eigenvalue weighted by Crippen LogP contribution is -2.37. The second-order valence-corrected chi connectivity index (χ2v) is 3.69. The lowest BCUT2D eigenvalue weighted by molar-refractivity contribution is 0.167.